The first-order valence-corrected chi connectivity index (χ1v) is 8.66. The predicted octanol–water partition coefficient (Wildman–Crippen LogP) is 2.90. The molecule has 0 radical (unpaired) electrons. The average Bonchev–Trinajstić information content (AvgIpc) is 3.38. The number of hydrogen-bond acceptors (Lipinski definition) is 5. The third-order valence-corrected chi connectivity index (χ3v) is 4.47. The molecule has 0 saturated heterocycles. The maximum Gasteiger partial charge on any atom is 0.253 e. The highest BCUT2D eigenvalue weighted by molar-refractivity contribution is 5.97. The smallest absolute Gasteiger partial charge is 0.253 e. The highest BCUT2D eigenvalue weighted by Crippen LogP contribution is 2.26. The number of nitrogens with one attached hydrogen (secondary N) is 3. The normalized spacial score (nSPS) is 10.8. The van der Waals surface area contributed by atoms with E-state index in [1.807, 2.05) is 24.3 Å². The van der Waals surface area contributed by atoms with Crippen LogP contribution < -0.4 is 14.8 Å². The number of carbonyl (C=O) groups excluding carboxylic acids is 1. The lowest BCUT2D eigenvalue weighted by Crippen LogP contribution is -2.22. The quantitative estimate of drug-likeness (QED) is 0.479. The van der Waals surface area contributed by atoms with Crippen molar-refractivity contribution in [2.45, 2.75) is 6.54 Å². The molecular formula is C20H19N5O3. The first kappa shape index (κ1) is 17.6. The fourth-order valence-corrected chi connectivity index (χ4v) is 3.00. The number of rotatable bonds is 6. The molecular weight excluding hydrogens is 358 g/mol. The van der Waals surface area contributed by atoms with Crippen LogP contribution in [0.5, 0.6) is 11.5 Å². The predicted molar refractivity (Wildman–Crippen MR) is 104 cm³/mol. The van der Waals surface area contributed by atoms with Crippen LogP contribution in [-0.2, 0) is 6.54 Å². The Morgan fingerprint density at radius 2 is 2.07 bits per heavy atom. The first-order chi connectivity index (χ1) is 13.7. The van der Waals surface area contributed by atoms with E-state index in [0.717, 1.165) is 22.3 Å². The molecule has 3 N–H and O–H groups in total. The van der Waals surface area contributed by atoms with Gasteiger partial charge in [-0.25, -0.2) is 4.98 Å². The minimum atomic E-state index is -0.196. The fourth-order valence-electron chi connectivity index (χ4n) is 3.00. The van der Waals surface area contributed by atoms with Crippen LogP contribution in [-0.4, -0.2) is 40.3 Å². The monoisotopic (exact) mass is 377 g/mol. The Bertz CT molecular complexity index is 1130. The summed E-state index contributed by atoms with van der Waals surface area (Å²) in [5, 5.41) is 11.0. The molecule has 4 aromatic rings. The van der Waals surface area contributed by atoms with Crippen LogP contribution in [0.3, 0.4) is 0 Å². The van der Waals surface area contributed by atoms with Crippen LogP contribution in [0.4, 0.5) is 0 Å². The van der Waals surface area contributed by atoms with Gasteiger partial charge in [0, 0.05) is 36.0 Å². The Morgan fingerprint density at radius 1 is 1.18 bits per heavy atom. The molecule has 4 rings (SSSR count). The lowest BCUT2D eigenvalue weighted by Gasteiger charge is -2.11. The molecule has 0 aliphatic carbocycles. The molecule has 0 aliphatic heterocycles. The van der Waals surface area contributed by atoms with E-state index in [2.05, 4.69) is 25.5 Å². The second kappa shape index (κ2) is 7.43. The zero-order valence-corrected chi connectivity index (χ0v) is 15.4. The second-order valence-corrected chi connectivity index (χ2v) is 6.13. The minimum absolute atomic E-state index is 0.196. The summed E-state index contributed by atoms with van der Waals surface area (Å²) in [4.78, 5) is 19.9. The Hall–Kier alpha value is -3.81. The summed E-state index contributed by atoms with van der Waals surface area (Å²) < 4.78 is 10.6. The molecule has 28 heavy (non-hydrogen) atoms. The molecule has 0 unspecified atom stereocenters. The van der Waals surface area contributed by atoms with Crippen LogP contribution in [0.25, 0.3) is 22.4 Å². The molecule has 8 heteroatoms. The van der Waals surface area contributed by atoms with Gasteiger partial charge in [0.15, 0.2) is 5.65 Å². The maximum atomic E-state index is 12.6. The third-order valence-electron chi connectivity index (χ3n) is 4.47. The summed E-state index contributed by atoms with van der Waals surface area (Å²) in [5.74, 6) is 1.16. The van der Waals surface area contributed by atoms with Crippen molar-refractivity contribution in [2.75, 3.05) is 14.2 Å². The molecule has 0 spiro atoms. The zero-order valence-electron chi connectivity index (χ0n) is 15.4. The number of methoxy groups -OCH3 is 2. The number of H-pyrrole nitrogens is 2. The number of hydrogen-bond donors (Lipinski definition) is 3. The molecule has 142 valence electrons. The van der Waals surface area contributed by atoms with Crippen molar-refractivity contribution in [3.63, 3.8) is 0 Å². The van der Waals surface area contributed by atoms with Crippen molar-refractivity contribution in [1.82, 2.24) is 25.5 Å². The van der Waals surface area contributed by atoms with Gasteiger partial charge in [0.25, 0.3) is 5.91 Å². The number of pyridine rings is 1. The highest BCUT2D eigenvalue weighted by Gasteiger charge is 2.14. The van der Waals surface area contributed by atoms with Crippen LogP contribution in [0, 0.1) is 0 Å². The van der Waals surface area contributed by atoms with Crippen molar-refractivity contribution in [3.8, 4) is 22.9 Å². The number of amides is 1. The number of ether oxygens (including phenoxy) is 2. The minimum Gasteiger partial charge on any atom is -0.497 e. The van der Waals surface area contributed by atoms with Crippen LogP contribution in [0.1, 0.15) is 15.9 Å². The lowest BCUT2D eigenvalue weighted by molar-refractivity contribution is 0.0951. The van der Waals surface area contributed by atoms with E-state index in [1.165, 1.54) is 0 Å². The summed E-state index contributed by atoms with van der Waals surface area (Å²) in [6.07, 6.45) is 3.36. The van der Waals surface area contributed by atoms with Gasteiger partial charge < -0.3 is 19.8 Å². The number of benzene rings is 1. The molecule has 0 atom stereocenters. The van der Waals surface area contributed by atoms with Crippen molar-refractivity contribution in [2.24, 2.45) is 0 Å². The Labute approximate surface area is 160 Å². The van der Waals surface area contributed by atoms with E-state index in [1.54, 1.807) is 38.7 Å². The summed E-state index contributed by atoms with van der Waals surface area (Å²) in [7, 11) is 3.18. The molecule has 1 amide bonds. The Balaban J connectivity index is 1.49. The van der Waals surface area contributed by atoms with Crippen LogP contribution in [0.2, 0.25) is 0 Å². The Kier molecular flexibility index (Phi) is 4.67. The zero-order chi connectivity index (χ0) is 19.5. The SMILES string of the molecule is COc1ccc(CNC(=O)c2c[nH]c(-c3n[nH]c4ncccc34)c2)c(OC)c1. The van der Waals surface area contributed by atoms with E-state index in [4.69, 9.17) is 9.47 Å². The number of aromatic nitrogens is 4. The number of carbonyl (C=O) groups is 1. The van der Waals surface area contributed by atoms with Crippen molar-refractivity contribution in [1.29, 1.82) is 0 Å². The van der Waals surface area contributed by atoms with E-state index in [-0.39, 0.29) is 5.91 Å². The van der Waals surface area contributed by atoms with Crippen molar-refractivity contribution >= 4 is 16.9 Å². The number of nitrogens with zero attached hydrogens (tertiary/aromatic N) is 2. The van der Waals surface area contributed by atoms with E-state index in [9.17, 15) is 4.79 Å². The van der Waals surface area contributed by atoms with Gasteiger partial charge in [0.05, 0.1) is 25.5 Å². The molecule has 0 aliphatic rings. The van der Waals surface area contributed by atoms with Crippen LogP contribution >= 0.6 is 0 Å². The van der Waals surface area contributed by atoms with Crippen molar-refractivity contribution < 1.29 is 14.3 Å². The summed E-state index contributed by atoms with van der Waals surface area (Å²) >= 11 is 0. The van der Waals surface area contributed by atoms with Gasteiger partial charge in [0.1, 0.15) is 17.2 Å². The molecule has 0 fully saturated rings. The van der Waals surface area contributed by atoms with Gasteiger partial charge in [-0.15, -0.1) is 0 Å². The summed E-state index contributed by atoms with van der Waals surface area (Å²) in [6.45, 7) is 0.335. The Morgan fingerprint density at radius 3 is 2.89 bits per heavy atom. The highest BCUT2D eigenvalue weighted by atomic mass is 16.5. The topological polar surface area (TPSA) is 105 Å². The average molecular weight is 377 g/mol. The molecule has 1 aromatic carbocycles. The molecule has 0 bridgehead atoms. The third kappa shape index (κ3) is 3.27. The van der Waals surface area contributed by atoms with Gasteiger partial charge in [-0.3, -0.25) is 9.89 Å². The van der Waals surface area contributed by atoms with Gasteiger partial charge in [-0.2, -0.15) is 5.10 Å². The standard InChI is InChI=1S/C20H19N5O3/c1-27-14-6-5-12(17(9-14)28-2)10-23-20(26)13-8-16(22-11-13)18-15-4-3-7-21-19(15)25-24-18/h3-9,11,22H,10H2,1-2H3,(H,23,26)(H,21,24,25). The fraction of sp³-hybridized carbons (Fsp3) is 0.150. The van der Waals surface area contributed by atoms with E-state index in [0.29, 0.717) is 29.3 Å². The number of fused-ring (bicyclic) bond motifs is 1. The van der Waals surface area contributed by atoms with Gasteiger partial charge in [0.2, 0.25) is 0 Å². The molecule has 8 nitrogen and oxygen atoms in total. The van der Waals surface area contributed by atoms with Crippen molar-refractivity contribution in [3.05, 3.63) is 59.9 Å². The number of aromatic amines is 2. The molecule has 0 saturated carbocycles. The first-order valence-electron chi connectivity index (χ1n) is 8.66. The van der Waals surface area contributed by atoms with E-state index >= 15 is 0 Å². The molecule has 3 heterocycles. The van der Waals surface area contributed by atoms with Gasteiger partial charge in [-0.05, 0) is 30.3 Å². The molecule has 3 aromatic heterocycles. The second-order valence-electron chi connectivity index (χ2n) is 6.13. The summed E-state index contributed by atoms with van der Waals surface area (Å²) in [6, 6.07) is 11.0. The van der Waals surface area contributed by atoms with Gasteiger partial charge in [-0.1, -0.05) is 0 Å². The van der Waals surface area contributed by atoms with Gasteiger partial charge >= 0.3 is 0 Å². The summed E-state index contributed by atoms with van der Waals surface area (Å²) in [5.41, 5.74) is 3.54. The van der Waals surface area contributed by atoms with E-state index < -0.39 is 0 Å². The maximum absolute atomic E-state index is 12.6. The van der Waals surface area contributed by atoms with Crippen LogP contribution in [0.15, 0.2) is 48.8 Å². The largest absolute Gasteiger partial charge is 0.497 e. The lowest BCUT2D eigenvalue weighted by atomic mass is 10.1.